The molecule has 2 heteroatoms. The van der Waals surface area contributed by atoms with Gasteiger partial charge >= 0.3 is 0 Å². The molecule has 0 atom stereocenters. The van der Waals surface area contributed by atoms with E-state index in [2.05, 4.69) is 45.1 Å². The predicted molar refractivity (Wildman–Crippen MR) is 77.2 cm³/mol. The van der Waals surface area contributed by atoms with Crippen LogP contribution in [0.4, 0.5) is 0 Å². The van der Waals surface area contributed by atoms with Gasteiger partial charge in [0.05, 0.1) is 6.54 Å². The molecular formula is C16H23NO. The lowest BCUT2D eigenvalue weighted by atomic mass is 9.94. The Bertz CT molecular complexity index is 552. The molecule has 2 aromatic rings. The normalized spacial score (nSPS) is 11.7. The second kappa shape index (κ2) is 5.15. The van der Waals surface area contributed by atoms with Crippen molar-refractivity contribution in [2.24, 2.45) is 0 Å². The van der Waals surface area contributed by atoms with Crippen molar-refractivity contribution in [2.75, 3.05) is 7.05 Å². The molecular weight excluding hydrogens is 222 g/mol. The van der Waals surface area contributed by atoms with Crippen molar-refractivity contribution >= 4 is 11.0 Å². The molecule has 1 heterocycles. The van der Waals surface area contributed by atoms with Gasteiger partial charge in [0.2, 0.25) is 0 Å². The van der Waals surface area contributed by atoms with E-state index in [1.54, 1.807) is 0 Å². The molecule has 0 saturated heterocycles. The van der Waals surface area contributed by atoms with Crippen LogP contribution in [0.25, 0.3) is 11.0 Å². The highest BCUT2D eigenvalue weighted by atomic mass is 16.3. The Morgan fingerprint density at radius 2 is 2.00 bits per heavy atom. The minimum absolute atomic E-state index is 0.526. The summed E-state index contributed by atoms with van der Waals surface area (Å²) in [4.78, 5) is 0. The smallest absolute Gasteiger partial charge is 0.137 e. The number of furan rings is 1. The van der Waals surface area contributed by atoms with Gasteiger partial charge in [-0.2, -0.15) is 0 Å². The molecule has 2 rings (SSSR count). The van der Waals surface area contributed by atoms with E-state index in [9.17, 15) is 0 Å². The molecule has 0 aliphatic carbocycles. The van der Waals surface area contributed by atoms with E-state index in [0.29, 0.717) is 5.92 Å². The van der Waals surface area contributed by atoms with E-state index in [1.165, 1.54) is 22.1 Å². The largest absolute Gasteiger partial charge is 0.459 e. The highest BCUT2D eigenvalue weighted by molar-refractivity contribution is 5.88. The minimum atomic E-state index is 0.526. The summed E-state index contributed by atoms with van der Waals surface area (Å²) in [7, 11) is 1.96. The van der Waals surface area contributed by atoms with Gasteiger partial charge in [-0.15, -0.1) is 0 Å². The van der Waals surface area contributed by atoms with E-state index in [4.69, 9.17) is 4.42 Å². The SMILES string of the molecule is CCc1c(CNC)oc2c(C)ccc(C(C)C)c12. The molecule has 98 valence electrons. The van der Waals surface area contributed by atoms with Crippen LogP contribution in [0, 0.1) is 6.92 Å². The summed E-state index contributed by atoms with van der Waals surface area (Å²) in [5, 5.41) is 4.54. The molecule has 2 nitrogen and oxygen atoms in total. The van der Waals surface area contributed by atoms with E-state index < -0.39 is 0 Å². The van der Waals surface area contributed by atoms with E-state index in [-0.39, 0.29) is 0 Å². The highest BCUT2D eigenvalue weighted by Crippen LogP contribution is 2.35. The number of fused-ring (bicyclic) bond motifs is 1. The lowest BCUT2D eigenvalue weighted by molar-refractivity contribution is 0.523. The van der Waals surface area contributed by atoms with Crippen LogP contribution in [0.1, 0.15) is 49.1 Å². The Morgan fingerprint density at radius 1 is 1.28 bits per heavy atom. The molecule has 1 N–H and O–H groups in total. The first-order valence-corrected chi connectivity index (χ1v) is 6.78. The fourth-order valence-electron chi connectivity index (χ4n) is 2.63. The van der Waals surface area contributed by atoms with Crippen LogP contribution in [-0.2, 0) is 13.0 Å². The zero-order valence-electron chi connectivity index (χ0n) is 12.1. The first kappa shape index (κ1) is 13.2. The van der Waals surface area contributed by atoms with Gasteiger partial charge in [-0.3, -0.25) is 0 Å². The first-order chi connectivity index (χ1) is 8.60. The van der Waals surface area contributed by atoms with Crippen molar-refractivity contribution in [1.82, 2.24) is 5.32 Å². The van der Waals surface area contributed by atoms with E-state index in [0.717, 1.165) is 24.3 Å². The van der Waals surface area contributed by atoms with Crippen molar-refractivity contribution in [1.29, 1.82) is 0 Å². The van der Waals surface area contributed by atoms with Crippen molar-refractivity contribution in [2.45, 2.75) is 46.6 Å². The van der Waals surface area contributed by atoms with Crippen LogP contribution in [0.3, 0.4) is 0 Å². The van der Waals surface area contributed by atoms with Crippen molar-refractivity contribution in [3.05, 3.63) is 34.6 Å². The Kier molecular flexibility index (Phi) is 3.76. The quantitative estimate of drug-likeness (QED) is 0.875. The topological polar surface area (TPSA) is 25.2 Å². The van der Waals surface area contributed by atoms with Gasteiger partial charge in [0.1, 0.15) is 11.3 Å². The lowest BCUT2D eigenvalue weighted by Gasteiger charge is -2.09. The highest BCUT2D eigenvalue weighted by Gasteiger charge is 2.18. The molecule has 0 spiro atoms. The Labute approximate surface area is 109 Å². The van der Waals surface area contributed by atoms with Crippen LogP contribution >= 0.6 is 0 Å². The molecule has 1 aromatic carbocycles. The molecule has 0 saturated carbocycles. The number of rotatable bonds is 4. The maximum atomic E-state index is 6.09. The van der Waals surface area contributed by atoms with E-state index in [1.807, 2.05) is 7.05 Å². The molecule has 1 aromatic heterocycles. The van der Waals surface area contributed by atoms with Crippen LogP contribution in [-0.4, -0.2) is 7.05 Å². The summed E-state index contributed by atoms with van der Waals surface area (Å²) in [6.07, 6.45) is 1.02. The third kappa shape index (κ3) is 2.05. The fourth-order valence-corrected chi connectivity index (χ4v) is 2.63. The number of benzene rings is 1. The Hall–Kier alpha value is -1.28. The molecule has 0 aliphatic heterocycles. The van der Waals surface area contributed by atoms with Crippen molar-refractivity contribution in [3.63, 3.8) is 0 Å². The first-order valence-electron chi connectivity index (χ1n) is 6.78. The molecule has 0 aliphatic rings. The molecule has 0 unspecified atom stereocenters. The maximum absolute atomic E-state index is 6.09. The van der Waals surface area contributed by atoms with Crippen molar-refractivity contribution in [3.8, 4) is 0 Å². The number of aryl methyl sites for hydroxylation is 2. The zero-order valence-corrected chi connectivity index (χ0v) is 12.1. The zero-order chi connectivity index (χ0) is 13.3. The second-order valence-electron chi connectivity index (χ2n) is 5.22. The maximum Gasteiger partial charge on any atom is 0.137 e. The van der Waals surface area contributed by atoms with Gasteiger partial charge in [-0.05, 0) is 37.4 Å². The summed E-state index contributed by atoms with van der Waals surface area (Å²) in [5.74, 6) is 1.62. The average Bonchev–Trinajstić information content (AvgIpc) is 2.69. The van der Waals surface area contributed by atoms with Crippen molar-refractivity contribution < 1.29 is 4.42 Å². The summed E-state index contributed by atoms with van der Waals surface area (Å²) >= 11 is 0. The van der Waals surface area contributed by atoms with Crippen LogP contribution in [0.15, 0.2) is 16.5 Å². The minimum Gasteiger partial charge on any atom is -0.459 e. The van der Waals surface area contributed by atoms with Gasteiger partial charge in [0, 0.05) is 10.9 Å². The summed E-state index contributed by atoms with van der Waals surface area (Å²) in [5.41, 5.74) is 5.07. The van der Waals surface area contributed by atoms with E-state index >= 15 is 0 Å². The standard InChI is InChI=1S/C16H23NO/c1-6-12-14(9-17-5)18-16-11(4)7-8-13(10(2)3)15(12)16/h7-8,10,17H,6,9H2,1-5H3. The molecule has 18 heavy (non-hydrogen) atoms. The fraction of sp³-hybridized carbons (Fsp3) is 0.500. The monoisotopic (exact) mass is 245 g/mol. The van der Waals surface area contributed by atoms with Gasteiger partial charge in [0.15, 0.2) is 0 Å². The van der Waals surface area contributed by atoms with Gasteiger partial charge in [0.25, 0.3) is 0 Å². The van der Waals surface area contributed by atoms with Crippen LogP contribution in [0.5, 0.6) is 0 Å². The second-order valence-corrected chi connectivity index (χ2v) is 5.22. The molecule has 0 radical (unpaired) electrons. The van der Waals surface area contributed by atoms with Gasteiger partial charge in [-0.1, -0.05) is 32.9 Å². The Morgan fingerprint density at radius 3 is 2.56 bits per heavy atom. The lowest BCUT2D eigenvalue weighted by Crippen LogP contribution is -2.05. The average molecular weight is 245 g/mol. The van der Waals surface area contributed by atoms with Crippen LogP contribution in [0.2, 0.25) is 0 Å². The third-order valence-electron chi connectivity index (χ3n) is 3.56. The van der Waals surface area contributed by atoms with Crippen LogP contribution < -0.4 is 5.32 Å². The van der Waals surface area contributed by atoms with Gasteiger partial charge in [-0.25, -0.2) is 0 Å². The summed E-state index contributed by atoms with van der Waals surface area (Å²) in [6.45, 7) is 9.62. The summed E-state index contributed by atoms with van der Waals surface area (Å²) < 4.78 is 6.09. The molecule has 0 bridgehead atoms. The summed E-state index contributed by atoms with van der Waals surface area (Å²) in [6, 6.07) is 4.42. The Balaban J connectivity index is 2.78. The third-order valence-corrected chi connectivity index (χ3v) is 3.56. The molecule has 0 fully saturated rings. The molecule has 0 amide bonds. The van der Waals surface area contributed by atoms with Gasteiger partial charge < -0.3 is 9.73 Å². The predicted octanol–water partition coefficient (Wildman–Crippen LogP) is 4.15. The number of hydrogen-bond acceptors (Lipinski definition) is 2. The number of nitrogens with one attached hydrogen (secondary N) is 1. The number of hydrogen-bond donors (Lipinski definition) is 1.